The predicted molar refractivity (Wildman–Crippen MR) is 62.9 cm³/mol. The van der Waals surface area contributed by atoms with E-state index in [9.17, 15) is 0 Å². The maximum absolute atomic E-state index is 3.38. The van der Waals surface area contributed by atoms with E-state index in [0.29, 0.717) is 12.1 Å². The fourth-order valence-electron chi connectivity index (χ4n) is 2.39. The van der Waals surface area contributed by atoms with Crippen LogP contribution in [0, 0.1) is 0 Å². The molecule has 0 amide bonds. The van der Waals surface area contributed by atoms with Crippen LogP contribution in [0.25, 0.3) is 0 Å². The monoisotopic (exact) mass is 207 g/mol. The van der Waals surface area contributed by atoms with Crippen LogP contribution >= 0.6 is 0 Å². The van der Waals surface area contributed by atoms with E-state index in [2.05, 4.69) is 41.3 Å². The molecule has 1 aliphatic heterocycles. The van der Waals surface area contributed by atoms with Crippen molar-refractivity contribution in [3.63, 3.8) is 0 Å². The SMILES string of the molecule is CN[C@H]1CCCN([C@@H](C)c2ccc[nH]2)C1. The molecule has 1 saturated heterocycles. The zero-order valence-electron chi connectivity index (χ0n) is 9.66. The average molecular weight is 207 g/mol. The van der Waals surface area contributed by atoms with Crippen LogP contribution in [0.5, 0.6) is 0 Å². The average Bonchev–Trinajstić information content (AvgIpc) is 2.81. The maximum Gasteiger partial charge on any atom is 0.0470 e. The van der Waals surface area contributed by atoms with E-state index in [1.54, 1.807) is 0 Å². The molecule has 2 atom stereocenters. The van der Waals surface area contributed by atoms with Gasteiger partial charge >= 0.3 is 0 Å². The Morgan fingerprint density at radius 1 is 1.60 bits per heavy atom. The van der Waals surface area contributed by atoms with E-state index in [-0.39, 0.29) is 0 Å². The standard InChI is InChI=1S/C12H21N3/c1-10(12-6-3-7-14-12)15-8-4-5-11(9-15)13-2/h3,6-7,10-11,13-14H,4-5,8-9H2,1-2H3/t10-,11-/m0/s1. The van der Waals surface area contributed by atoms with Gasteiger partial charge in [0.2, 0.25) is 0 Å². The molecule has 0 aliphatic carbocycles. The molecule has 1 fully saturated rings. The van der Waals surface area contributed by atoms with Gasteiger partial charge in [0, 0.05) is 30.5 Å². The Kier molecular flexibility index (Phi) is 3.44. The first-order valence-electron chi connectivity index (χ1n) is 5.86. The Balaban J connectivity index is 1.98. The number of likely N-dealkylation sites (N-methyl/N-ethyl adjacent to an activating group) is 1. The van der Waals surface area contributed by atoms with Gasteiger partial charge < -0.3 is 10.3 Å². The number of piperidine rings is 1. The van der Waals surface area contributed by atoms with Crippen LogP contribution in [0.2, 0.25) is 0 Å². The zero-order chi connectivity index (χ0) is 10.7. The fraction of sp³-hybridized carbons (Fsp3) is 0.667. The van der Waals surface area contributed by atoms with E-state index in [1.807, 2.05) is 6.20 Å². The molecular formula is C12H21N3. The third-order valence-electron chi connectivity index (χ3n) is 3.48. The number of hydrogen-bond donors (Lipinski definition) is 2. The lowest BCUT2D eigenvalue weighted by atomic mass is 10.0. The molecule has 0 aromatic carbocycles. The van der Waals surface area contributed by atoms with Gasteiger partial charge in [-0.05, 0) is 45.5 Å². The number of nitrogens with zero attached hydrogens (tertiary/aromatic N) is 1. The van der Waals surface area contributed by atoms with Gasteiger partial charge in [-0.25, -0.2) is 0 Å². The maximum atomic E-state index is 3.38. The first-order valence-corrected chi connectivity index (χ1v) is 5.86. The number of H-pyrrole nitrogens is 1. The van der Waals surface area contributed by atoms with Gasteiger partial charge in [0.25, 0.3) is 0 Å². The van der Waals surface area contributed by atoms with Crippen molar-refractivity contribution < 1.29 is 0 Å². The van der Waals surface area contributed by atoms with Gasteiger partial charge in [-0.1, -0.05) is 0 Å². The molecule has 1 aliphatic rings. The molecule has 2 heterocycles. The Labute approximate surface area is 91.9 Å². The van der Waals surface area contributed by atoms with Crippen LogP contribution in [0.3, 0.4) is 0 Å². The summed E-state index contributed by atoms with van der Waals surface area (Å²) in [6.07, 6.45) is 4.62. The number of rotatable bonds is 3. The zero-order valence-corrected chi connectivity index (χ0v) is 9.66. The number of aromatic nitrogens is 1. The normalized spacial score (nSPS) is 25.3. The summed E-state index contributed by atoms with van der Waals surface area (Å²) in [5.41, 5.74) is 1.33. The van der Waals surface area contributed by atoms with Crippen molar-refractivity contribution in [3.05, 3.63) is 24.0 Å². The Morgan fingerprint density at radius 2 is 2.47 bits per heavy atom. The van der Waals surface area contributed by atoms with Gasteiger partial charge in [0.1, 0.15) is 0 Å². The molecule has 0 saturated carbocycles. The number of aromatic amines is 1. The summed E-state index contributed by atoms with van der Waals surface area (Å²) >= 11 is 0. The number of nitrogens with one attached hydrogen (secondary N) is 2. The van der Waals surface area contributed by atoms with E-state index in [1.165, 1.54) is 25.1 Å². The fourth-order valence-corrected chi connectivity index (χ4v) is 2.39. The smallest absolute Gasteiger partial charge is 0.0470 e. The molecule has 3 nitrogen and oxygen atoms in total. The molecule has 0 spiro atoms. The van der Waals surface area contributed by atoms with Crippen LogP contribution in [0.4, 0.5) is 0 Å². The van der Waals surface area contributed by atoms with Gasteiger partial charge in [-0.2, -0.15) is 0 Å². The molecule has 0 bridgehead atoms. The molecule has 84 valence electrons. The number of hydrogen-bond acceptors (Lipinski definition) is 2. The van der Waals surface area contributed by atoms with Crippen LogP contribution in [-0.2, 0) is 0 Å². The quantitative estimate of drug-likeness (QED) is 0.791. The summed E-state index contributed by atoms with van der Waals surface area (Å²) in [6.45, 7) is 4.67. The second-order valence-electron chi connectivity index (χ2n) is 4.42. The lowest BCUT2D eigenvalue weighted by molar-refractivity contribution is 0.147. The highest BCUT2D eigenvalue weighted by atomic mass is 15.2. The van der Waals surface area contributed by atoms with Crippen molar-refractivity contribution in [2.24, 2.45) is 0 Å². The first kappa shape index (κ1) is 10.7. The van der Waals surface area contributed by atoms with E-state index < -0.39 is 0 Å². The molecule has 2 N–H and O–H groups in total. The van der Waals surface area contributed by atoms with Crippen LogP contribution in [-0.4, -0.2) is 36.1 Å². The third kappa shape index (κ3) is 2.41. The molecule has 1 aromatic heterocycles. The van der Waals surface area contributed by atoms with Gasteiger partial charge in [-0.15, -0.1) is 0 Å². The molecule has 3 heteroatoms. The van der Waals surface area contributed by atoms with Gasteiger partial charge in [0.05, 0.1) is 0 Å². The topological polar surface area (TPSA) is 31.1 Å². The summed E-state index contributed by atoms with van der Waals surface area (Å²) < 4.78 is 0. The van der Waals surface area contributed by atoms with E-state index in [0.717, 1.165) is 6.54 Å². The second kappa shape index (κ2) is 4.81. The lowest BCUT2D eigenvalue weighted by Crippen LogP contribution is -2.45. The van der Waals surface area contributed by atoms with Crippen molar-refractivity contribution in [3.8, 4) is 0 Å². The summed E-state index contributed by atoms with van der Waals surface area (Å²) in [5, 5.41) is 3.38. The Hall–Kier alpha value is -0.800. The highest BCUT2D eigenvalue weighted by molar-refractivity contribution is 5.08. The molecule has 1 aromatic rings. The highest BCUT2D eigenvalue weighted by Gasteiger charge is 2.23. The summed E-state index contributed by atoms with van der Waals surface area (Å²) in [4.78, 5) is 5.86. The van der Waals surface area contributed by atoms with Crippen LogP contribution < -0.4 is 5.32 Å². The van der Waals surface area contributed by atoms with Crippen molar-refractivity contribution in [1.29, 1.82) is 0 Å². The lowest BCUT2D eigenvalue weighted by Gasteiger charge is -2.36. The van der Waals surface area contributed by atoms with Crippen molar-refractivity contribution in [2.45, 2.75) is 31.8 Å². The predicted octanol–water partition coefficient (Wildman–Crippen LogP) is 1.76. The summed E-state index contributed by atoms with van der Waals surface area (Å²) in [7, 11) is 2.06. The molecular weight excluding hydrogens is 186 g/mol. The van der Waals surface area contributed by atoms with E-state index in [4.69, 9.17) is 0 Å². The molecule has 0 radical (unpaired) electrons. The van der Waals surface area contributed by atoms with Crippen LogP contribution in [0.15, 0.2) is 18.3 Å². The molecule has 0 unspecified atom stereocenters. The minimum atomic E-state index is 0.510. The minimum Gasteiger partial charge on any atom is -0.364 e. The minimum absolute atomic E-state index is 0.510. The van der Waals surface area contributed by atoms with Crippen molar-refractivity contribution in [1.82, 2.24) is 15.2 Å². The third-order valence-corrected chi connectivity index (χ3v) is 3.48. The molecule has 2 rings (SSSR count). The van der Waals surface area contributed by atoms with Gasteiger partial charge in [-0.3, -0.25) is 4.90 Å². The van der Waals surface area contributed by atoms with Crippen molar-refractivity contribution in [2.75, 3.05) is 20.1 Å². The number of likely N-dealkylation sites (tertiary alicyclic amines) is 1. The highest BCUT2D eigenvalue weighted by Crippen LogP contribution is 2.22. The second-order valence-corrected chi connectivity index (χ2v) is 4.42. The summed E-state index contributed by atoms with van der Waals surface area (Å²) in [5.74, 6) is 0. The van der Waals surface area contributed by atoms with E-state index >= 15 is 0 Å². The first-order chi connectivity index (χ1) is 7.31. The van der Waals surface area contributed by atoms with Gasteiger partial charge in [0.15, 0.2) is 0 Å². The Bertz CT molecular complexity index is 281. The summed E-state index contributed by atoms with van der Waals surface area (Å²) in [6, 6.07) is 5.42. The van der Waals surface area contributed by atoms with Crippen molar-refractivity contribution >= 4 is 0 Å². The molecule has 15 heavy (non-hydrogen) atoms. The van der Waals surface area contributed by atoms with Crippen LogP contribution in [0.1, 0.15) is 31.5 Å². The Morgan fingerprint density at radius 3 is 3.13 bits per heavy atom. The largest absolute Gasteiger partial charge is 0.364 e.